The highest BCUT2D eigenvalue weighted by Crippen LogP contribution is 2.32. The van der Waals surface area contributed by atoms with Gasteiger partial charge >= 0.3 is 0 Å². The summed E-state index contributed by atoms with van der Waals surface area (Å²) in [4.78, 5) is 14.0. The first kappa shape index (κ1) is 14.1. The zero-order chi connectivity index (χ0) is 13.9. The van der Waals surface area contributed by atoms with Gasteiger partial charge in [-0.25, -0.2) is 8.42 Å². The third kappa shape index (κ3) is 3.80. The van der Waals surface area contributed by atoms with E-state index in [1.165, 1.54) is 6.26 Å². The quantitative estimate of drug-likeness (QED) is 0.845. The zero-order valence-corrected chi connectivity index (χ0v) is 11.9. The van der Waals surface area contributed by atoms with Crippen LogP contribution < -0.4 is 0 Å². The number of benzene rings is 1. The SMILES string of the molecule is CS(=O)(=O)CCC(=O)N1CCCC1c1ccccc1. The van der Waals surface area contributed by atoms with Crippen LogP contribution in [0.2, 0.25) is 0 Å². The van der Waals surface area contributed by atoms with E-state index >= 15 is 0 Å². The van der Waals surface area contributed by atoms with Gasteiger partial charge in [-0.3, -0.25) is 4.79 Å². The number of hydrogen-bond acceptors (Lipinski definition) is 3. The van der Waals surface area contributed by atoms with E-state index in [2.05, 4.69) is 0 Å². The van der Waals surface area contributed by atoms with Crippen molar-refractivity contribution in [1.82, 2.24) is 4.90 Å². The third-order valence-electron chi connectivity index (χ3n) is 3.44. The molecule has 5 heteroatoms. The van der Waals surface area contributed by atoms with Gasteiger partial charge in [-0.05, 0) is 18.4 Å². The molecule has 1 saturated heterocycles. The van der Waals surface area contributed by atoms with Gasteiger partial charge in [0.2, 0.25) is 5.91 Å². The molecule has 1 aliphatic rings. The fourth-order valence-corrected chi connectivity index (χ4v) is 3.05. The second kappa shape index (κ2) is 5.74. The lowest BCUT2D eigenvalue weighted by atomic mass is 10.0. The molecular weight excluding hydrogens is 262 g/mol. The predicted octanol–water partition coefficient (Wildman–Crippen LogP) is 1.78. The normalized spacial score (nSPS) is 19.6. The van der Waals surface area contributed by atoms with Crippen LogP contribution in [0.1, 0.15) is 30.9 Å². The molecule has 1 aromatic rings. The van der Waals surface area contributed by atoms with Gasteiger partial charge in [0, 0.05) is 19.2 Å². The smallest absolute Gasteiger partial charge is 0.224 e. The molecule has 1 unspecified atom stereocenters. The molecule has 1 atom stereocenters. The first-order valence-corrected chi connectivity index (χ1v) is 8.55. The van der Waals surface area contributed by atoms with Crippen molar-refractivity contribution < 1.29 is 13.2 Å². The number of amides is 1. The van der Waals surface area contributed by atoms with E-state index in [9.17, 15) is 13.2 Å². The molecular formula is C14H19NO3S. The largest absolute Gasteiger partial charge is 0.336 e. The molecule has 1 aromatic carbocycles. The maximum atomic E-state index is 12.1. The summed E-state index contributed by atoms with van der Waals surface area (Å²) in [6.07, 6.45) is 3.18. The summed E-state index contributed by atoms with van der Waals surface area (Å²) in [5, 5.41) is 0. The number of carbonyl (C=O) groups excluding carboxylic acids is 1. The fourth-order valence-electron chi connectivity index (χ4n) is 2.50. The van der Waals surface area contributed by atoms with Crippen LogP contribution in [0, 0.1) is 0 Å². The minimum Gasteiger partial charge on any atom is -0.336 e. The highest BCUT2D eigenvalue weighted by atomic mass is 32.2. The number of likely N-dealkylation sites (tertiary alicyclic amines) is 1. The van der Waals surface area contributed by atoms with Crippen molar-refractivity contribution in [3.8, 4) is 0 Å². The van der Waals surface area contributed by atoms with Gasteiger partial charge in [-0.1, -0.05) is 30.3 Å². The molecule has 1 aliphatic heterocycles. The van der Waals surface area contributed by atoms with Crippen LogP contribution in [0.25, 0.3) is 0 Å². The number of rotatable bonds is 4. The van der Waals surface area contributed by atoms with Crippen molar-refractivity contribution in [3.05, 3.63) is 35.9 Å². The lowest BCUT2D eigenvalue weighted by molar-refractivity contribution is -0.131. The van der Waals surface area contributed by atoms with Crippen molar-refractivity contribution in [2.75, 3.05) is 18.6 Å². The number of carbonyl (C=O) groups is 1. The highest BCUT2D eigenvalue weighted by Gasteiger charge is 2.29. The second-order valence-electron chi connectivity index (χ2n) is 5.04. The Morgan fingerprint density at radius 1 is 1.32 bits per heavy atom. The van der Waals surface area contributed by atoms with Crippen molar-refractivity contribution in [3.63, 3.8) is 0 Å². The van der Waals surface area contributed by atoms with E-state index in [1.807, 2.05) is 35.2 Å². The summed E-state index contributed by atoms with van der Waals surface area (Å²) < 4.78 is 22.3. The molecule has 1 amide bonds. The summed E-state index contributed by atoms with van der Waals surface area (Å²) in [6, 6.07) is 10.0. The molecule has 1 fully saturated rings. The average Bonchev–Trinajstić information content (AvgIpc) is 2.85. The van der Waals surface area contributed by atoms with Crippen LogP contribution >= 0.6 is 0 Å². The fraction of sp³-hybridized carbons (Fsp3) is 0.500. The molecule has 19 heavy (non-hydrogen) atoms. The molecule has 0 aromatic heterocycles. The van der Waals surface area contributed by atoms with Crippen LogP contribution in [0.15, 0.2) is 30.3 Å². The van der Waals surface area contributed by atoms with E-state index < -0.39 is 9.84 Å². The maximum absolute atomic E-state index is 12.1. The Bertz CT molecular complexity index is 539. The standard InChI is InChI=1S/C14H19NO3S/c1-19(17,18)11-9-14(16)15-10-5-8-13(15)12-6-3-2-4-7-12/h2-4,6-7,13H,5,8-11H2,1H3. The molecule has 0 radical (unpaired) electrons. The minimum absolute atomic E-state index is 0.0585. The second-order valence-corrected chi connectivity index (χ2v) is 7.30. The van der Waals surface area contributed by atoms with Gasteiger partial charge in [0.25, 0.3) is 0 Å². The Morgan fingerprint density at radius 2 is 2.00 bits per heavy atom. The third-order valence-corrected chi connectivity index (χ3v) is 4.39. The molecule has 4 nitrogen and oxygen atoms in total. The Balaban J connectivity index is 2.05. The van der Waals surface area contributed by atoms with Crippen molar-refractivity contribution >= 4 is 15.7 Å². The van der Waals surface area contributed by atoms with Gasteiger partial charge in [0.05, 0.1) is 11.8 Å². The van der Waals surface area contributed by atoms with Crippen molar-refractivity contribution in [2.24, 2.45) is 0 Å². The number of hydrogen-bond donors (Lipinski definition) is 0. The van der Waals surface area contributed by atoms with Gasteiger partial charge in [-0.15, -0.1) is 0 Å². The average molecular weight is 281 g/mol. The topological polar surface area (TPSA) is 54.5 Å². The summed E-state index contributed by atoms with van der Waals surface area (Å²) >= 11 is 0. The van der Waals surface area contributed by atoms with E-state index in [-0.39, 0.29) is 24.1 Å². The van der Waals surface area contributed by atoms with Crippen LogP contribution in [-0.4, -0.2) is 37.8 Å². The Kier molecular flexibility index (Phi) is 4.24. The van der Waals surface area contributed by atoms with Crippen LogP contribution in [0.3, 0.4) is 0 Å². The molecule has 0 N–H and O–H groups in total. The van der Waals surface area contributed by atoms with Crippen LogP contribution in [0.5, 0.6) is 0 Å². The molecule has 0 saturated carbocycles. The summed E-state index contributed by atoms with van der Waals surface area (Å²) in [7, 11) is -3.08. The van der Waals surface area contributed by atoms with Crippen molar-refractivity contribution in [1.29, 1.82) is 0 Å². The van der Waals surface area contributed by atoms with E-state index in [0.717, 1.165) is 24.9 Å². The molecule has 104 valence electrons. The first-order chi connectivity index (χ1) is 8.97. The summed E-state index contributed by atoms with van der Waals surface area (Å²) in [6.45, 7) is 0.724. The van der Waals surface area contributed by atoms with Crippen molar-refractivity contribution in [2.45, 2.75) is 25.3 Å². The monoisotopic (exact) mass is 281 g/mol. The molecule has 1 heterocycles. The molecule has 0 bridgehead atoms. The highest BCUT2D eigenvalue weighted by molar-refractivity contribution is 7.90. The first-order valence-electron chi connectivity index (χ1n) is 6.49. The van der Waals surface area contributed by atoms with Gasteiger partial charge < -0.3 is 4.90 Å². The molecule has 2 rings (SSSR count). The van der Waals surface area contributed by atoms with Gasteiger partial charge in [-0.2, -0.15) is 0 Å². The molecule has 0 aliphatic carbocycles. The maximum Gasteiger partial charge on any atom is 0.224 e. The summed E-state index contributed by atoms with van der Waals surface area (Å²) in [5.74, 6) is -0.124. The predicted molar refractivity (Wildman–Crippen MR) is 74.5 cm³/mol. The number of sulfone groups is 1. The van der Waals surface area contributed by atoms with E-state index in [1.54, 1.807) is 0 Å². The minimum atomic E-state index is -3.08. The van der Waals surface area contributed by atoms with Crippen LogP contribution in [-0.2, 0) is 14.6 Å². The Morgan fingerprint density at radius 3 is 2.63 bits per heavy atom. The zero-order valence-electron chi connectivity index (χ0n) is 11.1. The Labute approximate surface area is 114 Å². The lowest BCUT2D eigenvalue weighted by Crippen LogP contribution is -2.31. The Hall–Kier alpha value is -1.36. The van der Waals surface area contributed by atoms with E-state index in [4.69, 9.17) is 0 Å². The van der Waals surface area contributed by atoms with Gasteiger partial charge in [0.1, 0.15) is 9.84 Å². The summed E-state index contributed by atoms with van der Waals surface area (Å²) in [5.41, 5.74) is 1.13. The lowest BCUT2D eigenvalue weighted by Gasteiger charge is -2.25. The van der Waals surface area contributed by atoms with Crippen LogP contribution in [0.4, 0.5) is 0 Å². The number of nitrogens with zero attached hydrogens (tertiary/aromatic N) is 1. The van der Waals surface area contributed by atoms with E-state index in [0.29, 0.717) is 0 Å². The van der Waals surface area contributed by atoms with Gasteiger partial charge in [0.15, 0.2) is 0 Å². The molecule has 0 spiro atoms.